The zero-order valence-corrected chi connectivity index (χ0v) is 11.3. The van der Waals surface area contributed by atoms with Crippen LogP contribution in [0.5, 0.6) is 0 Å². The molecule has 1 aliphatic rings. The number of halogens is 1. The van der Waals surface area contributed by atoms with Crippen molar-refractivity contribution in [2.75, 3.05) is 6.26 Å². The molecule has 0 aliphatic heterocycles. The van der Waals surface area contributed by atoms with Crippen molar-refractivity contribution in [1.82, 2.24) is 0 Å². The zero-order chi connectivity index (χ0) is 12.0. The summed E-state index contributed by atoms with van der Waals surface area (Å²) in [6, 6.07) is 5.08. The first-order valence-corrected chi connectivity index (χ1v) is 7.70. The molecule has 2 rings (SSSR count). The van der Waals surface area contributed by atoms with Crippen LogP contribution < -0.4 is 0 Å². The van der Waals surface area contributed by atoms with Crippen molar-refractivity contribution >= 4 is 25.8 Å². The van der Waals surface area contributed by atoms with E-state index < -0.39 is 15.4 Å². The quantitative estimate of drug-likeness (QED) is 0.928. The van der Waals surface area contributed by atoms with E-state index in [4.69, 9.17) is 0 Å². The molecule has 0 radical (unpaired) electrons. The minimum absolute atomic E-state index is 0.308. The van der Waals surface area contributed by atoms with Crippen molar-refractivity contribution in [1.29, 1.82) is 0 Å². The first-order chi connectivity index (χ1) is 7.32. The zero-order valence-electron chi connectivity index (χ0n) is 8.90. The third-order valence-electron chi connectivity index (χ3n) is 2.81. The monoisotopic (exact) mass is 304 g/mol. The summed E-state index contributed by atoms with van der Waals surface area (Å²) < 4.78 is 24.0. The average Bonchev–Trinajstić information content (AvgIpc) is 2.86. The van der Waals surface area contributed by atoms with Gasteiger partial charge in [-0.05, 0) is 30.5 Å². The largest absolute Gasteiger partial charge is 0.390 e. The lowest BCUT2D eigenvalue weighted by molar-refractivity contribution is 0.150. The molecule has 0 bridgehead atoms. The molecule has 0 unspecified atom stereocenters. The summed E-state index contributed by atoms with van der Waals surface area (Å²) in [5.41, 5.74) is -0.00597. The maximum absolute atomic E-state index is 11.6. The summed E-state index contributed by atoms with van der Waals surface area (Å²) in [5.74, 6) is 0. The van der Waals surface area contributed by atoms with E-state index in [1.165, 1.54) is 6.26 Å². The van der Waals surface area contributed by atoms with Crippen LogP contribution in [0.2, 0.25) is 0 Å². The molecular formula is C11H13BrO3S. The van der Waals surface area contributed by atoms with E-state index in [1.54, 1.807) is 18.2 Å². The van der Waals surface area contributed by atoms with Gasteiger partial charge >= 0.3 is 0 Å². The van der Waals surface area contributed by atoms with Gasteiger partial charge in [0.2, 0.25) is 0 Å². The van der Waals surface area contributed by atoms with Crippen LogP contribution in [0.4, 0.5) is 0 Å². The Labute approximate surface area is 104 Å². The maximum atomic E-state index is 11.6. The molecule has 16 heavy (non-hydrogen) atoms. The molecule has 5 heteroatoms. The Morgan fingerprint density at radius 1 is 1.44 bits per heavy atom. The van der Waals surface area contributed by atoms with Gasteiger partial charge in [-0.3, -0.25) is 0 Å². The van der Waals surface area contributed by atoms with Crippen molar-refractivity contribution in [3.05, 3.63) is 28.2 Å². The molecule has 0 aromatic heterocycles. The van der Waals surface area contributed by atoms with Crippen LogP contribution >= 0.6 is 15.9 Å². The first kappa shape index (κ1) is 12.1. The first-order valence-electron chi connectivity index (χ1n) is 5.02. The molecule has 1 saturated carbocycles. The highest BCUT2D eigenvalue weighted by Gasteiger charge is 2.41. The van der Waals surface area contributed by atoms with Crippen molar-refractivity contribution in [3.63, 3.8) is 0 Å². The molecule has 0 spiro atoms. The van der Waals surface area contributed by atoms with Crippen LogP contribution in [0.1, 0.15) is 18.4 Å². The lowest BCUT2D eigenvalue weighted by atomic mass is 10.1. The Balaban J connectivity index is 2.49. The van der Waals surface area contributed by atoms with Crippen LogP contribution in [0, 0.1) is 0 Å². The van der Waals surface area contributed by atoms with Crippen molar-refractivity contribution in [2.45, 2.75) is 29.8 Å². The highest BCUT2D eigenvalue weighted by Crippen LogP contribution is 2.41. The molecule has 88 valence electrons. The van der Waals surface area contributed by atoms with Gasteiger partial charge in [-0.15, -0.1) is 0 Å². The Hall–Kier alpha value is -0.390. The van der Waals surface area contributed by atoms with Crippen LogP contribution in [0.15, 0.2) is 27.6 Å². The Bertz CT molecular complexity index is 518. The second-order valence-electron chi connectivity index (χ2n) is 4.39. The van der Waals surface area contributed by atoms with Crippen molar-refractivity contribution in [2.24, 2.45) is 0 Å². The average molecular weight is 305 g/mol. The fraction of sp³-hybridized carbons (Fsp3) is 0.455. The predicted octanol–water partition coefficient (Wildman–Crippen LogP) is 1.92. The van der Waals surface area contributed by atoms with Gasteiger partial charge in [0.15, 0.2) is 9.84 Å². The van der Waals surface area contributed by atoms with Crippen molar-refractivity contribution < 1.29 is 13.5 Å². The fourth-order valence-corrected chi connectivity index (χ4v) is 3.30. The molecule has 1 aromatic rings. The van der Waals surface area contributed by atoms with Gasteiger partial charge in [-0.25, -0.2) is 8.42 Å². The summed E-state index contributed by atoms with van der Waals surface area (Å²) in [4.78, 5) is 0.308. The summed E-state index contributed by atoms with van der Waals surface area (Å²) in [6.07, 6.45) is 3.08. The number of hydrogen-bond donors (Lipinski definition) is 1. The van der Waals surface area contributed by atoms with Crippen LogP contribution in [0.25, 0.3) is 0 Å². The number of rotatable bonds is 3. The molecule has 1 aliphatic carbocycles. The molecule has 1 fully saturated rings. The standard InChI is InChI=1S/C11H13BrO3S/c1-16(14,15)10-4-2-3-9(12)8(10)7-11(13)5-6-11/h2-4,13H,5-7H2,1H3. The Morgan fingerprint density at radius 3 is 2.56 bits per heavy atom. The molecule has 0 atom stereocenters. The van der Waals surface area contributed by atoms with Gasteiger partial charge in [0.25, 0.3) is 0 Å². The minimum Gasteiger partial charge on any atom is -0.390 e. The van der Waals surface area contributed by atoms with E-state index in [2.05, 4.69) is 15.9 Å². The Morgan fingerprint density at radius 2 is 2.06 bits per heavy atom. The van der Waals surface area contributed by atoms with Crippen molar-refractivity contribution in [3.8, 4) is 0 Å². The van der Waals surface area contributed by atoms with Crippen LogP contribution in [-0.4, -0.2) is 25.4 Å². The maximum Gasteiger partial charge on any atom is 0.175 e. The smallest absolute Gasteiger partial charge is 0.175 e. The summed E-state index contributed by atoms with van der Waals surface area (Å²) in [6.45, 7) is 0. The number of aliphatic hydroxyl groups is 1. The predicted molar refractivity (Wildman–Crippen MR) is 65.1 cm³/mol. The second kappa shape index (κ2) is 3.82. The van der Waals surface area contributed by atoms with Crippen LogP contribution in [0.3, 0.4) is 0 Å². The summed E-state index contributed by atoms with van der Waals surface area (Å²) in [7, 11) is -3.24. The van der Waals surface area contributed by atoms with E-state index in [1.807, 2.05) is 0 Å². The normalized spacial score (nSPS) is 18.4. The highest BCUT2D eigenvalue weighted by molar-refractivity contribution is 9.10. The van der Waals surface area contributed by atoms with Gasteiger partial charge in [0.05, 0.1) is 10.5 Å². The van der Waals surface area contributed by atoms with E-state index in [-0.39, 0.29) is 0 Å². The highest BCUT2D eigenvalue weighted by atomic mass is 79.9. The minimum atomic E-state index is -3.24. The van der Waals surface area contributed by atoms with Gasteiger partial charge in [0, 0.05) is 17.1 Å². The van der Waals surface area contributed by atoms with Gasteiger partial charge in [-0.2, -0.15) is 0 Å². The third-order valence-corrected chi connectivity index (χ3v) is 4.73. The van der Waals surface area contributed by atoms with E-state index in [9.17, 15) is 13.5 Å². The number of sulfone groups is 1. The van der Waals surface area contributed by atoms with Gasteiger partial charge in [-0.1, -0.05) is 22.0 Å². The van der Waals surface area contributed by atoms with Gasteiger partial charge in [0.1, 0.15) is 0 Å². The molecule has 1 aromatic carbocycles. The SMILES string of the molecule is CS(=O)(=O)c1cccc(Br)c1CC1(O)CC1. The molecule has 0 heterocycles. The molecular weight excluding hydrogens is 292 g/mol. The third kappa shape index (κ3) is 2.47. The molecule has 1 N–H and O–H groups in total. The van der Waals surface area contributed by atoms with Gasteiger partial charge < -0.3 is 5.11 Å². The number of hydrogen-bond acceptors (Lipinski definition) is 3. The molecule has 0 amide bonds. The van der Waals surface area contributed by atoms with E-state index in [0.29, 0.717) is 16.9 Å². The molecule has 0 saturated heterocycles. The Kier molecular flexibility index (Phi) is 2.88. The second-order valence-corrected chi connectivity index (χ2v) is 7.23. The number of benzene rings is 1. The summed E-state index contributed by atoms with van der Waals surface area (Å²) in [5, 5.41) is 9.88. The molecule has 3 nitrogen and oxygen atoms in total. The topological polar surface area (TPSA) is 54.4 Å². The fourth-order valence-electron chi connectivity index (χ4n) is 1.71. The van der Waals surface area contributed by atoms with Crippen LogP contribution in [-0.2, 0) is 16.3 Å². The lowest BCUT2D eigenvalue weighted by Gasteiger charge is -2.13. The lowest BCUT2D eigenvalue weighted by Crippen LogP contribution is -2.14. The van der Waals surface area contributed by atoms with E-state index in [0.717, 1.165) is 17.3 Å². The summed E-state index contributed by atoms with van der Waals surface area (Å²) >= 11 is 3.34. The van der Waals surface area contributed by atoms with E-state index >= 15 is 0 Å².